The molecule has 1 rings (SSSR count). The number of carbonyl (C=O) groups is 1. The van der Waals surface area contributed by atoms with Crippen molar-refractivity contribution in [2.75, 3.05) is 0 Å². The van der Waals surface area contributed by atoms with Gasteiger partial charge in [-0.15, -0.1) is 13.2 Å². The van der Waals surface area contributed by atoms with Gasteiger partial charge >= 0.3 is 0 Å². The third-order valence-electron chi connectivity index (χ3n) is 2.66. The van der Waals surface area contributed by atoms with E-state index in [1.54, 1.807) is 0 Å². The molecule has 0 bridgehead atoms. The zero-order valence-corrected chi connectivity index (χ0v) is 7.51. The van der Waals surface area contributed by atoms with E-state index in [1.807, 2.05) is 12.2 Å². The van der Waals surface area contributed by atoms with Crippen LogP contribution in [0, 0.1) is 5.41 Å². The Balaban J connectivity index is 2.65. The van der Waals surface area contributed by atoms with Gasteiger partial charge in [0.2, 0.25) is 0 Å². The fourth-order valence-corrected chi connectivity index (χ4v) is 2.04. The number of carbonyl (C=O) groups excluding carboxylic acids is 1. The minimum Gasteiger partial charge on any atom is -0.300 e. The second kappa shape index (κ2) is 3.70. The molecule has 12 heavy (non-hydrogen) atoms. The molecule has 1 aliphatic carbocycles. The summed E-state index contributed by atoms with van der Waals surface area (Å²) in [5.74, 6) is 0.402. The lowest BCUT2D eigenvalue weighted by Crippen LogP contribution is -2.14. The number of ketones is 1. The second-order valence-corrected chi connectivity index (χ2v) is 3.70. The molecule has 0 amide bonds. The molecule has 1 fully saturated rings. The topological polar surface area (TPSA) is 17.1 Å². The maximum atomic E-state index is 11.1. The Hall–Kier alpha value is -0.850. The van der Waals surface area contributed by atoms with Crippen molar-refractivity contribution in [3.63, 3.8) is 0 Å². The lowest BCUT2D eigenvalue weighted by Gasteiger charge is -2.24. The van der Waals surface area contributed by atoms with Gasteiger partial charge in [-0.25, -0.2) is 0 Å². The smallest absolute Gasteiger partial charge is 0.133 e. The number of allylic oxidation sites excluding steroid dienone is 2. The first-order valence-corrected chi connectivity index (χ1v) is 4.46. The van der Waals surface area contributed by atoms with E-state index in [-0.39, 0.29) is 5.41 Å². The van der Waals surface area contributed by atoms with Crippen molar-refractivity contribution in [2.45, 2.75) is 32.1 Å². The molecule has 0 spiro atoms. The van der Waals surface area contributed by atoms with Crippen molar-refractivity contribution >= 4 is 5.78 Å². The summed E-state index contributed by atoms with van der Waals surface area (Å²) < 4.78 is 0. The maximum absolute atomic E-state index is 11.1. The van der Waals surface area contributed by atoms with E-state index in [1.165, 1.54) is 0 Å². The second-order valence-electron chi connectivity index (χ2n) is 3.70. The molecule has 0 aromatic carbocycles. The average molecular weight is 164 g/mol. The number of hydrogen-bond acceptors (Lipinski definition) is 1. The first kappa shape index (κ1) is 9.24. The molecular formula is C11H16O. The number of Topliss-reactive ketones (excluding diaryl/α,β-unsaturated/α-hetero) is 1. The zero-order chi connectivity index (χ0) is 9.03. The monoisotopic (exact) mass is 164 g/mol. The van der Waals surface area contributed by atoms with Crippen molar-refractivity contribution in [1.82, 2.24) is 0 Å². The van der Waals surface area contributed by atoms with Crippen LogP contribution in [0.15, 0.2) is 25.3 Å². The van der Waals surface area contributed by atoms with Gasteiger partial charge in [0.1, 0.15) is 5.78 Å². The summed E-state index contributed by atoms with van der Waals surface area (Å²) in [7, 11) is 0. The van der Waals surface area contributed by atoms with Crippen LogP contribution in [-0.4, -0.2) is 5.78 Å². The Morgan fingerprint density at radius 1 is 1.33 bits per heavy atom. The van der Waals surface area contributed by atoms with Gasteiger partial charge < -0.3 is 0 Å². The van der Waals surface area contributed by atoms with Crippen LogP contribution in [0.2, 0.25) is 0 Å². The number of rotatable bonds is 4. The lowest BCUT2D eigenvalue weighted by molar-refractivity contribution is -0.118. The van der Waals surface area contributed by atoms with E-state index in [4.69, 9.17) is 0 Å². The largest absolute Gasteiger partial charge is 0.300 e. The Morgan fingerprint density at radius 3 is 2.25 bits per heavy atom. The highest BCUT2D eigenvalue weighted by Crippen LogP contribution is 2.42. The first-order chi connectivity index (χ1) is 5.72. The van der Waals surface area contributed by atoms with Crippen LogP contribution < -0.4 is 0 Å². The van der Waals surface area contributed by atoms with Crippen molar-refractivity contribution in [1.29, 1.82) is 0 Å². The molecule has 1 nitrogen and oxygen atoms in total. The van der Waals surface area contributed by atoms with Gasteiger partial charge in [0.15, 0.2) is 0 Å². The van der Waals surface area contributed by atoms with Crippen molar-refractivity contribution in [2.24, 2.45) is 5.41 Å². The van der Waals surface area contributed by atoms with E-state index in [0.717, 1.165) is 32.1 Å². The van der Waals surface area contributed by atoms with Crippen LogP contribution in [-0.2, 0) is 4.79 Å². The SMILES string of the molecule is C=CCC1(CC=C)CCC(=O)C1. The van der Waals surface area contributed by atoms with Gasteiger partial charge in [-0.1, -0.05) is 12.2 Å². The predicted molar refractivity (Wildman–Crippen MR) is 50.9 cm³/mol. The van der Waals surface area contributed by atoms with E-state index in [2.05, 4.69) is 13.2 Å². The molecule has 0 N–H and O–H groups in total. The Bertz CT molecular complexity index is 193. The van der Waals surface area contributed by atoms with Crippen molar-refractivity contribution < 1.29 is 4.79 Å². The summed E-state index contributed by atoms with van der Waals surface area (Å²) in [5.41, 5.74) is 0.181. The molecule has 0 aromatic heterocycles. The molecule has 0 heterocycles. The summed E-state index contributed by atoms with van der Waals surface area (Å²) >= 11 is 0. The van der Waals surface area contributed by atoms with Crippen molar-refractivity contribution in [3.8, 4) is 0 Å². The van der Waals surface area contributed by atoms with Crippen LogP contribution in [0.5, 0.6) is 0 Å². The Labute approximate surface area is 74.2 Å². The van der Waals surface area contributed by atoms with Crippen LogP contribution in [0.4, 0.5) is 0 Å². The highest BCUT2D eigenvalue weighted by Gasteiger charge is 2.35. The molecule has 0 aliphatic heterocycles. The molecular weight excluding hydrogens is 148 g/mol. The van der Waals surface area contributed by atoms with Crippen molar-refractivity contribution in [3.05, 3.63) is 25.3 Å². The normalized spacial score (nSPS) is 20.8. The highest BCUT2D eigenvalue weighted by atomic mass is 16.1. The van der Waals surface area contributed by atoms with E-state index >= 15 is 0 Å². The molecule has 1 aliphatic rings. The summed E-state index contributed by atoms with van der Waals surface area (Å²) in [6.07, 6.45) is 8.23. The Kier molecular flexibility index (Phi) is 2.85. The van der Waals surface area contributed by atoms with Crippen LogP contribution >= 0.6 is 0 Å². The van der Waals surface area contributed by atoms with Crippen LogP contribution in [0.3, 0.4) is 0 Å². The summed E-state index contributed by atoms with van der Waals surface area (Å²) in [6.45, 7) is 7.46. The lowest BCUT2D eigenvalue weighted by atomic mass is 9.80. The van der Waals surface area contributed by atoms with Gasteiger partial charge in [-0.05, 0) is 24.7 Å². The van der Waals surface area contributed by atoms with E-state index in [9.17, 15) is 4.79 Å². The molecule has 0 radical (unpaired) electrons. The van der Waals surface area contributed by atoms with Gasteiger partial charge in [0.05, 0.1) is 0 Å². The van der Waals surface area contributed by atoms with Gasteiger partial charge in [-0.2, -0.15) is 0 Å². The molecule has 1 saturated carbocycles. The quantitative estimate of drug-likeness (QED) is 0.584. The summed E-state index contributed by atoms with van der Waals surface area (Å²) in [5, 5.41) is 0. The fourth-order valence-electron chi connectivity index (χ4n) is 2.04. The molecule has 0 saturated heterocycles. The third-order valence-corrected chi connectivity index (χ3v) is 2.66. The van der Waals surface area contributed by atoms with E-state index in [0.29, 0.717) is 5.78 Å². The van der Waals surface area contributed by atoms with Gasteiger partial charge in [0.25, 0.3) is 0 Å². The predicted octanol–water partition coefficient (Wildman–Crippen LogP) is 2.88. The van der Waals surface area contributed by atoms with Crippen LogP contribution in [0.25, 0.3) is 0 Å². The van der Waals surface area contributed by atoms with Crippen LogP contribution in [0.1, 0.15) is 32.1 Å². The third kappa shape index (κ3) is 1.84. The minimum atomic E-state index is 0.181. The maximum Gasteiger partial charge on any atom is 0.133 e. The summed E-state index contributed by atoms with van der Waals surface area (Å²) in [4.78, 5) is 11.1. The zero-order valence-electron chi connectivity index (χ0n) is 7.51. The average Bonchev–Trinajstić information content (AvgIpc) is 2.34. The standard InChI is InChI=1S/C11H16O/c1-3-6-11(7-4-2)8-5-10(12)9-11/h3-4H,1-2,5-9H2. The molecule has 66 valence electrons. The molecule has 0 unspecified atom stereocenters. The molecule has 0 aromatic rings. The van der Waals surface area contributed by atoms with Gasteiger partial charge in [-0.3, -0.25) is 4.79 Å². The Morgan fingerprint density at radius 2 is 1.92 bits per heavy atom. The highest BCUT2D eigenvalue weighted by molar-refractivity contribution is 5.81. The van der Waals surface area contributed by atoms with Gasteiger partial charge in [0, 0.05) is 12.8 Å². The minimum absolute atomic E-state index is 0.181. The summed E-state index contributed by atoms with van der Waals surface area (Å²) in [6, 6.07) is 0. The fraction of sp³-hybridized carbons (Fsp3) is 0.545. The molecule has 1 heteroatoms. The molecule has 0 atom stereocenters. The number of hydrogen-bond donors (Lipinski definition) is 0. The first-order valence-electron chi connectivity index (χ1n) is 4.46. The van der Waals surface area contributed by atoms with E-state index < -0.39 is 0 Å².